The van der Waals surface area contributed by atoms with Crippen molar-refractivity contribution in [3.63, 3.8) is 0 Å². The maximum atomic E-state index is 13.3. The van der Waals surface area contributed by atoms with Gasteiger partial charge in [0.05, 0.1) is 44.8 Å². The number of cyclic esters (lactones) is 1. The van der Waals surface area contributed by atoms with Gasteiger partial charge in [0.1, 0.15) is 0 Å². The van der Waals surface area contributed by atoms with Crippen molar-refractivity contribution in [3.05, 3.63) is 75.3 Å². The van der Waals surface area contributed by atoms with E-state index in [1.54, 1.807) is 26.4 Å². The van der Waals surface area contributed by atoms with Gasteiger partial charge in [0, 0.05) is 29.7 Å². The molecule has 3 aliphatic rings. The Labute approximate surface area is 223 Å². The van der Waals surface area contributed by atoms with Crippen molar-refractivity contribution in [2.24, 2.45) is 11.8 Å². The number of nitrogens with one attached hydrogen (secondary N) is 1. The summed E-state index contributed by atoms with van der Waals surface area (Å²) in [5.41, 5.74) is 3.25. The number of anilines is 1. The van der Waals surface area contributed by atoms with Gasteiger partial charge in [-0.25, -0.2) is 0 Å². The predicted octanol–water partition coefficient (Wildman–Crippen LogP) is 4.44. The third-order valence-electron chi connectivity index (χ3n) is 7.63. The first-order valence-corrected chi connectivity index (χ1v) is 12.3. The Hall–Kier alpha value is -4.67. The van der Waals surface area contributed by atoms with Gasteiger partial charge < -0.3 is 33.7 Å². The maximum absolute atomic E-state index is 13.3. The van der Waals surface area contributed by atoms with E-state index in [2.05, 4.69) is 5.32 Å². The van der Waals surface area contributed by atoms with Gasteiger partial charge in [-0.05, 0) is 53.1 Å². The average Bonchev–Trinajstić information content (AvgIpc) is 3.57. The number of rotatable bonds is 7. The van der Waals surface area contributed by atoms with Crippen LogP contribution in [-0.4, -0.2) is 45.6 Å². The highest BCUT2D eigenvalue weighted by molar-refractivity contribution is 5.79. The number of ether oxygens (including phenoxy) is 6. The molecule has 202 valence electrons. The Morgan fingerprint density at radius 3 is 2.13 bits per heavy atom. The van der Waals surface area contributed by atoms with E-state index in [0.29, 0.717) is 34.4 Å². The quantitative estimate of drug-likeness (QED) is 0.264. The summed E-state index contributed by atoms with van der Waals surface area (Å²) in [6.07, 6.45) is 0. The van der Waals surface area contributed by atoms with Crippen LogP contribution in [0, 0.1) is 22.0 Å². The molecule has 4 atom stereocenters. The highest BCUT2D eigenvalue weighted by Crippen LogP contribution is 2.56. The summed E-state index contributed by atoms with van der Waals surface area (Å²) in [5, 5.41) is 14.6. The van der Waals surface area contributed by atoms with Crippen molar-refractivity contribution in [2.45, 2.75) is 12.0 Å². The molecule has 2 aliphatic heterocycles. The van der Waals surface area contributed by atoms with Gasteiger partial charge in [-0.2, -0.15) is 0 Å². The first-order valence-electron chi connectivity index (χ1n) is 12.3. The number of nitrogens with zero attached hydrogens (tertiary/aromatic N) is 1. The van der Waals surface area contributed by atoms with E-state index < -0.39 is 16.8 Å². The number of non-ortho nitro benzene ring substituents is 1. The van der Waals surface area contributed by atoms with Crippen LogP contribution in [0.15, 0.2) is 48.5 Å². The van der Waals surface area contributed by atoms with E-state index in [1.807, 2.05) is 24.3 Å². The highest BCUT2D eigenvalue weighted by Gasteiger charge is 2.52. The third kappa shape index (κ3) is 4.01. The topological polar surface area (TPSA) is 128 Å². The number of hydrogen-bond acceptors (Lipinski definition) is 10. The summed E-state index contributed by atoms with van der Waals surface area (Å²) >= 11 is 0. The first kappa shape index (κ1) is 24.7. The minimum Gasteiger partial charge on any atom is -0.493 e. The van der Waals surface area contributed by atoms with Crippen LogP contribution in [0.2, 0.25) is 0 Å². The van der Waals surface area contributed by atoms with Crippen LogP contribution < -0.4 is 29.0 Å². The van der Waals surface area contributed by atoms with Crippen molar-refractivity contribution >= 4 is 17.3 Å². The number of methoxy groups -OCH3 is 3. The summed E-state index contributed by atoms with van der Waals surface area (Å²) in [6, 6.07) is 13.4. The molecule has 0 saturated carbocycles. The summed E-state index contributed by atoms with van der Waals surface area (Å²) in [5.74, 6) is 1.11. The van der Waals surface area contributed by atoms with Gasteiger partial charge in [0.2, 0.25) is 12.5 Å². The van der Waals surface area contributed by atoms with Gasteiger partial charge in [-0.15, -0.1) is 0 Å². The van der Waals surface area contributed by atoms with E-state index in [1.165, 1.54) is 19.2 Å². The minimum atomic E-state index is -0.531. The van der Waals surface area contributed by atoms with Crippen LogP contribution in [0.5, 0.6) is 28.7 Å². The first-order chi connectivity index (χ1) is 18.9. The summed E-state index contributed by atoms with van der Waals surface area (Å²) in [6.45, 7) is 0.311. The fourth-order valence-electron chi connectivity index (χ4n) is 5.89. The second-order valence-corrected chi connectivity index (χ2v) is 9.52. The number of nitro benzene ring substituents is 1. The monoisotopic (exact) mass is 534 g/mol. The lowest BCUT2D eigenvalue weighted by Gasteiger charge is -2.40. The van der Waals surface area contributed by atoms with Crippen molar-refractivity contribution in [1.29, 1.82) is 0 Å². The fourth-order valence-corrected chi connectivity index (χ4v) is 5.89. The van der Waals surface area contributed by atoms with E-state index in [9.17, 15) is 14.9 Å². The zero-order valence-corrected chi connectivity index (χ0v) is 21.5. The van der Waals surface area contributed by atoms with E-state index in [0.717, 1.165) is 16.7 Å². The fraction of sp³-hybridized carbons (Fsp3) is 0.321. The van der Waals surface area contributed by atoms with Crippen LogP contribution in [0.4, 0.5) is 11.4 Å². The van der Waals surface area contributed by atoms with Crippen molar-refractivity contribution < 1.29 is 38.1 Å². The third-order valence-corrected chi connectivity index (χ3v) is 7.63. The largest absolute Gasteiger partial charge is 0.493 e. The second kappa shape index (κ2) is 9.57. The Morgan fingerprint density at radius 1 is 0.897 bits per heavy atom. The lowest BCUT2D eigenvalue weighted by molar-refractivity contribution is -0.384. The SMILES string of the molecule is COc1cc([C@@H]2c3cc4c(cc3[C@@H](Nc3ccc([N+](=O)[O-])cc3)[C@H]3COC(=O)[C@H]23)OCO4)cc(OC)c1OC. The molecule has 3 aromatic rings. The lowest BCUT2D eigenvalue weighted by atomic mass is 9.65. The van der Waals surface area contributed by atoms with Gasteiger partial charge in [0.15, 0.2) is 23.0 Å². The van der Waals surface area contributed by atoms with Gasteiger partial charge >= 0.3 is 5.97 Å². The summed E-state index contributed by atoms with van der Waals surface area (Å²) in [7, 11) is 4.63. The number of esters is 1. The molecule has 1 saturated heterocycles. The standard InChI is InChI=1S/C28H26N2O9/c1-34-22-8-14(9-23(35-2)27(22)36-3)24-17-10-20-21(39-13-38-20)11-18(17)26(19-12-37-28(31)25(19)24)29-15-4-6-16(7-5-15)30(32)33/h4-11,19,24-26,29H,12-13H2,1-3H3/t19-,24+,25-,26+/m0/s1. The lowest BCUT2D eigenvalue weighted by Crippen LogP contribution is -2.37. The molecular formula is C28H26N2O9. The number of carbonyl (C=O) groups excluding carboxylic acids is 1. The minimum absolute atomic E-state index is 0.00678. The Morgan fingerprint density at radius 2 is 1.54 bits per heavy atom. The highest BCUT2D eigenvalue weighted by atomic mass is 16.7. The molecule has 0 aromatic heterocycles. The molecule has 39 heavy (non-hydrogen) atoms. The number of carbonyl (C=O) groups is 1. The molecule has 2 heterocycles. The average molecular weight is 535 g/mol. The zero-order valence-electron chi connectivity index (χ0n) is 21.5. The number of hydrogen-bond donors (Lipinski definition) is 1. The van der Waals surface area contributed by atoms with E-state index in [-0.39, 0.29) is 37.0 Å². The van der Waals surface area contributed by atoms with Crippen molar-refractivity contribution in [3.8, 4) is 28.7 Å². The Bertz CT molecular complexity index is 1430. The molecule has 3 aromatic carbocycles. The smallest absolute Gasteiger partial charge is 0.310 e. The second-order valence-electron chi connectivity index (χ2n) is 9.52. The maximum Gasteiger partial charge on any atom is 0.310 e. The van der Waals surface area contributed by atoms with E-state index >= 15 is 0 Å². The normalized spacial score (nSPS) is 22.4. The van der Waals surface area contributed by atoms with E-state index in [4.69, 9.17) is 28.4 Å². The number of nitro groups is 1. The molecule has 0 radical (unpaired) electrons. The molecular weight excluding hydrogens is 508 g/mol. The molecule has 0 bridgehead atoms. The predicted molar refractivity (Wildman–Crippen MR) is 138 cm³/mol. The summed E-state index contributed by atoms with van der Waals surface area (Å²) < 4.78 is 33.8. The van der Waals surface area contributed by atoms with Gasteiger partial charge in [0.25, 0.3) is 5.69 Å². The molecule has 11 nitrogen and oxygen atoms in total. The molecule has 11 heteroatoms. The van der Waals surface area contributed by atoms with Crippen LogP contribution in [0.1, 0.15) is 28.7 Å². The Balaban J connectivity index is 1.52. The van der Waals surface area contributed by atoms with Crippen LogP contribution in [-0.2, 0) is 9.53 Å². The number of benzene rings is 3. The molecule has 6 rings (SSSR count). The number of fused-ring (bicyclic) bond motifs is 3. The summed E-state index contributed by atoms with van der Waals surface area (Å²) in [4.78, 5) is 24.0. The molecule has 1 N–H and O–H groups in total. The molecule has 0 amide bonds. The van der Waals surface area contributed by atoms with Crippen LogP contribution in [0.3, 0.4) is 0 Å². The molecule has 0 unspecified atom stereocenters. The van der Waals surface area contributed by atoms with Gasteiger partial charge in [-0.1, -0.05) is 0 Å². The van der Waals surface area contributed by atoms with Crippen LogP contribution in [0.25, 0.3) is 0 Å². The zero-order chi connectivity index (χ0) is 27.3. The van der Waals surface area contributed by atoms with Crippen molar-refractivity contribution in [2.75, 3.05) is 40.0 Å². The van der Waals surface area contributed by atoms with Crippen molar-refractivity contribution in [1.82, 2.24) is 0 Å². The molecule has 1 fully saturated rings. The van der Waals surface area contributed by atoms with Gasteiger partial charge in [-0.3, -0.25) is 14.9 Å². The van der Waals surface area contributed by atoms with Crippen LogP contribution >= 0.6 is 0 Å². The molecule has 1 aliphatic carbocycles. The Kier molecular flexibility index (Phi) is 6.05. The molecule has 0 spiro atoms.